The summed E-state index contributed by atoms with van der Waals surface area (Å²) in [5.74, 6) is 2.63. The molecule has 3 heterocycles. The van der Waals surface area contributed by atoms with Gasteiger partial charge in [0.1, 0.15) is 18.9 Å². The number of anilines is 2. The minimum atomic E-state index is 0.520. The summed E-state index contributed by atoms with van der Waals surface area (Å²) >= 11 is 0. The van der Waals surface area contributed by atoms with E-state index in [-0.39, 0.29) is 0 Å². The summed E-state index contributed by atoms with van der Waals surface area (Å²) in [7, 11) is 1.63. The number of rotatable bonds is 8. The Morgan fingerprint density at radius 1 is 1.11 bits per heavy atom. The predicted octanol–water partition coefficient (Wildman–Crippen LogP) is 4.87. The summed E-state index contributed by atoms with van der Waals surface area (Å²) in [6, 6.07) is 18.2. The minimum Gasteiger partial charge on any atom is -0.486 e. The van der Waals surface area contributed by atoms with Gasteiger partial charge in [0.05, 0.1) is 12.8 Å². The maximum atomic E-state index is 5.86. The summed E-state index contributed by atoms with van der Waals surface area (Å²) in [5, 5.41) is 10.4. The number of aromatic nitrogens is 1. The van der Waals surface area contributed by atoms with E-state index in [4.69, 9.17) is 19.2 Å². The van der Waals surface area contributed by atoms with Gasteiger partial charge in [-0.1, -0.05) is 24.8 Å². The van der Waals surface area contributed by atoms with E-state index in [0.717, 1.165) is 65.9 Å². The molecule has 0 saturated carbocycles. The largest absolute Gasteiger partial charge is 0.486 e. The van der Waals surface area contributed by atoms with Crippen molar-refractivity contribution >= 4 is 11.4 Å². The summed E-state index contributed by atoms with van der Waals surface area (Å²) in [6.45, 7) is 7.98. The molecule has 1 unspecified atom stereocenters. The molecule has 1 aromatic heterocycles. The average Bonchev–Trinajstić information content (AvgIpc) is 2.89. The van der Waals surface area contributed by atoms with Crippen molar-refractivity contribution in [3.8, 4) is 28.6 Å². The number of pyridine rings is 1. The molecule has 35 heavy (non-hydrogen) atoms. The van der Waals surface area contributed by atoms with Gasteiger partial charge < -0.3 is 30.2 Å². The molecule has 1 saturated heterocycles. The maximum absolute atomic E-state index is 5.86. The Balaban J connectivity index is 1.27. The Morgan fingerprint density at radius 3 is 2.89 bits per heavy atom. The molecule has 0 radical (unpaired) electrons. The molecule has 3 N–H and O–H groups in total. The number of benzene rings is 2. The van der Waals surface area contributed by atoms with Crippen molar-refractivity contribution in [3.63, 3.8) is 0 Å². The van der Waals surface area contributed by atoms with Gasteiger partial charge in [0, 0.05) is 30.0 Å². The van der Waals surface area contributed by atoms with Crippen LogP contribution in [0.5, 0.6) is 17.4 Å². The van der Waals surface area contributed by atoms with E-state index >= 15 is 0 Å². The van der Waals surface area contributed by atoms with Gasteiger partial charge in [-0.2, -0.15) is 0 Å². The van der Waals surface area contributed by atoms with Crippen molar-refractivity contribution < 1.29 is 14.2 Å². The van der Waals surface area contributed by atoms with Gasteiger partial charge in [-0.25, -0.2) is 4.98 Å². The first kappa shape index (κ1) is 23.1. The Hall–Kier alpha value is -3.71. The van der Waals surface area contributed by atoms with Crippen LogP contribution < -0.4 is 30.2 Å². The zero-order chi connectivity index (χ0) is 24.0. The smallest absolute Gasteiger partial charge is 0.238 e. The molecule has 0 amide bonds. The molecule has 182 valence electrons. The van der Waals surface area contributed by atoms with E-state index in [1.165, 1.54) is 12.0 Å². The molecule has 0 spiro atoms. The van der Waals surface area contributed by atoms with Crippen LogP contribution in [0.2, 0.25) is 0 Å². The van der Waals surface area contributed by atoms with Crippen LogP contribution in [-0.4, -0.2) is 38.4 Å². The first-order valence-corrected chi connectivity index (χ1v) is 12.1. The van der Waals surface area contributed by atoms with Gasteiger partial charge >= 0.3 is 0 Å². The van der Waals surface area contributed by atoms with Crippen LogP contribution in [0.15, 0.2) is 66.9 Å². The van der Waals surface area contributed by atoms with Crippen LogP contribution in [-0.2, 0) is 6.54 Å². The molecular weight excluding hydrogens is 440 g/mol. The van der Waals surface area contributed by atoms with Gasteiger partial charge in [-0.3, -0.25) is 0 Å². The summed E-state index contributed by atoms with van der Waals surface area (Å²) in [6.07, 6.45) is 2.23. The fraction of sp³-hybridized carbons (Fsp3) is 0.321. The van der Waals surface area contributed by atoms with E-state index in [0.29, 0.717) is 25.0 Å². The Bertz CT molecular complexity index is 1200. The van der Waals surface area contributed by atoms with E-state index < -0.39 is 0 Å². The number of nitrogens with one attached hydrogen (secondary N) is 3. The van der Waals surface area contributed by atoms with E-state index in [2.05, 4.69) is 40.7 Å². The van der Waals surface area contributed by atoms with Gasteiger partial charge in [0.25, 0.3) is 0 Å². The predicted molar refractivity (Wildman–Crippen MR) is 139 cm³/mol. The number of allylic oxidation sites excluding steroid dienone is 1. The van der Waals surface area contributed by atoms with Crippen molar-refractivity contribution in [2.45, 2.75) is 19.4 Å². The van der Waals surface area contributed by atoms with Crippen molar-refractivity contribution in [3.05, 3.63) is 72.4 Å². The van der Waals surface area contributed by atoms with Crippen molar-refractivity contribution in [2.24, 2.45) is 5.92 Å². The lowest BCUT2D eigenvalue weighted by atomic mass is 9.96. The Kier molecular flexibility index (Phi) is 7.04. The second-order valence-electron chi connectivity index (χ2n) is 8.93. The average molecular weight is 473 g/mol. The van der Waals surface area contributed by atoms with Gasteiger partial charge in [-0.15, -0.1) is 0 Å². The molecule has 2 aliphatic rings. The van der Waals surface area contributed by atoms with Crippen molar-refractivity contribution in [1.82, 2.24) is 15.6 Å². The van der Waals surface area contributed by atoms with Gasteiger partial charge in [0.15, 0.2) is 11.5 Å². The molecule has 7 heteroatoms. The molecule has 1 fully saturated rings. The van der Waals surface area contributed by atoms with E-state index in [9.17, 15) is 0 Å². The SMILES string of the molecule is C=C1CC(CNCc2cccc(Nc3ccc(-c4cccc5c4OCCO5)nc3OC)c2)CCN1. The molecule has 5 rings (SSSR count). The highest BCUT2D eigenvalue weighted by Crippen LogP contribution is 2.40. The van der Waals surface area contributed by atoms with Crippen LogP contribution in [0.3, 0.4) is 0 Å². The first-order chi connectivity index (χ1) is 17.2. The minimum absolute atomic E-state index is 0.520. The highest BCUT2D eigenvalue weighted by molar-refractivity contribution is 5.74. The topological polar surface area (TPSA) is 76.7 Å². The third kappa shape index (κ3) is 5.52. The van der Waals surface area contributed by atoms with Crippen LogP contribution in [0, 0.1) is 5.92 Å². The highest BCUT2D eigenvalue weighted by Gasteiger charge is 2.19. The number of piperidine rings is 1. The fourth-order valence-corrected chi connectivity index (χ4v) is 4.60. The quantitative estimate of drug-likeness (QED) is 0.432. The summed E-state index contributed by atoms with van der Waals surface area (Å²) in [5.41, 5.74) is 5.82. The molecule has 0 aliphatic carbocycles. The maximum Gasteiger partial charge on any atom is 0.238 e. The van der Waals surface area contributed by atoms with E-state index in [1.807, 2.05) is 36.4 Å². The third-order valence-electron chi connectivity index (χ3n) is 6.33. The fourth-order valence-electron chi connectivity index (χ4n) is 4.60. The molecule has 3 aromatic rings. The number of hydrogen-bond donors (Lipinski definition) is 3. The number of fused-ring (bicyclic) bond motifs is 1. The van der Waals surface area contributed by atoms with Crippen LogP contribution in [0.25, 0.3) is 11.3 Å². The Morgan fingerprint density at radius 2 is 2.00 bits per heavy atom. The van der Waals surface area contributed by atoms with Crippen LogP contribution in [0.4, 0.5) is 11.4 Å². The molecule has 1 atom stereocenters. The normalized spacial score (nSPS) is 16.9. The summed E-state index contributed by atoms with van der Waals surface area (Å²) in [4.78, 5) is 4.75. The lowest BCUT2D eigenvalue weighted by Gasteiger charge is -2.25. The van der Waals surface area contributed by atoms with Crippen molar-refractivity contribution in [1.29, 1.82) is 0 Å². The lowest BCUT2D eigenvalue weighted by molar-refractivity contribution is 0.172. The summed E-state index contributed by atoms with van der Waals surface area (Å²) < 4.78 is 17.2. The highest BCUT2D eigenvalue weighted by atomic mass is 16.6. The monoisotopic (exact) mass is 472 g/mol. The Labute approximate surface area is 206 Å². The number of methoxy groups -OCH3 is 1. The molecule has 7 nitrogen and oxygen atoms in total. The molecule has 0 bridgehead atoms. The van der Waals surface area contributed by atoms with Gasteiger partial charge in [-0.05, 0) is 67.3 Å². The number of hydrogen-bond acceptors (Lipinski definition) is 7. The zero-order valence-electron chi connectivity index (χ0n) is 20.1. The zero-order valence-corrected chi connectivity index (χ0v) is 20.1. The number of para-hydroxylation sites is 1. The molecular formula is C28H32N4O3. The number of nitrogens with zero attached hydrogens (tertiary/aromatic N) is 1. The number of ether oxygens (including phenoxy) is 3. The van der Waals surface area contributed by atoms with Crippen LogP contribution >= 0.6 is 0 Å². The second-order valence-corrected chi connectivity index (χ2v) is 8.93. The van der Waals surface area contributed by atoms with Crippen molar-refractivity contribution in [2.75, 3.05) is 38.7 Å². The standard InChI is InChI=1S/C28H32N4O3/c1-19-15-21(11-12-30-19)18-29-17-20-5-3-6-22(16-20)31-25-10-9-24(32-28(25)33-2)23-7-4-8-26-27(23)35-14-13-34-26/h3-10,16,21,29-31H,1,11-15,17-18H2,2H3. The van der Waals surface area contributed by atoms with E-state index in [1.54, 1.807) is 7.11 Å². The second kappa shape index (κ2) is 10.7. The van der Waals surface area contributed by atoms with Gasteiger partial charge in [0.2, 0.25) is 5.88 Å². The lowest BCUT2D eigenvalue weighted by Crippen LogP contribution is -2.31. The molecule has 2 aliphatic heterocycles. The van der Waals surface area contributed by atoms with Crippen LogP contribution in [0.1, 0.15) is 18.4 Å². The first-order valence-electron chi connectivity index (χ1n) is 12.1. The third-order valence-corrected chi connectivity index (χ3v) is 6.33. The molecule has 2 aromatic carbocycles.